The number of aromatic hydroxyl groups is 1. The van der Waals surface area contributed by atoms with E-state index in [0.717, 1.165) is 11.3 Å². The van der Waals surface area contributed by atoms with Gasteiger partial charge in [-0.05, 0) is 63.1 Å². The third-order valence-corrected chi connectivity index (χ3v) is 6.88. The van der Waals surface area contributed by atoms with Crippen molar-refractivity contribution in [3.8, 4) is 17.2 Å². The average molecular weight is 554 g/mol. The number of hydrogen-bond acceptors (Lipinski definition) is 10. The van der Waals surface area contributed by atoms with E-state index >= 15 is 0 Å². The Morgan fingerprint density at radius 2 is 1.85 bits per heavy atom. The summed E-state index contributed by atoms with van der Waals surface area (Å²) in [6.45, 7) is 8.01. The molecule has 2 aromatic carbocycles. The number of phenols is 1. The molecule has 0 saturated carbocycles. The molecule has 12 heteroatoms. The van der Waals surface area contributed by atoms with Gasteiger partial charge in [0.05, 0.1) is 46.6 Å². The molecule has 1 aromatic heterocycles. The Hall–Kier alpha value is -4.45. The number of carbonyl (C=O) groups is 1. The first kappa shape index (κ1) is 27.6. The van der Waals surface area contributed by atoms with Crippen LogP contribution in [0.4, 0.5) is 5.69 Å². The zero-order chi connectivity index (χ0) is 28.3. The summed E-state index contributed by atoms with van der Waals surface area (Å²) in [6, 6.07) is 8.20. The number of allylic oxidation sites excluding steroid dienone is 1. The van der Waals surface area contributed by atoms with Gasteiger partial charge < -0.3 is 19.3 Å². The number of aromatic nitrogens is 1. The highest BCUT2D eigenvalue weighted by Crippen LogP contribution is 2.36. The van der Waals surface area contributed by atoms with Crippen LogP contribution in [0.5, 0.6) is 17.2 Å². The third-order valence-electron chi connectivity index (χ3n) is 5.89. The molecule has 0 spiro atoms. The lowest BCUT2D eigenvalue weighted by molar-refractivity contribution is -0.385. The van der Waals surface area contributed by atoms with Crippen molar-refractivity contribution in [2.45, 2.75) is 33.7 Å². The minimum Gasteiger partial charge on any atom is -0.502 e. The predicted molar refractivity (Wildman–Crippen MR) is 144 cm³/mol. The lowest BCUT2D eigenvalue weighted by Gasteiger charge is -2.25. The maximum absolute atomic E-state index is 13.8. The number of carbonyl (C=O) groups excluding carboxylic acids is 1. The second-order valence-corrected chi connectivity index (χ2v) is 9.39. The van der Waals surface area contributed by atoms with Crippen LogP contribution in [-0.4, -0.2) is 40.4 Å². The van der Waals surface area contributed by atoms with Gasteiger partial charge in [-0.15, -0.1) is 0 Å². The number of hydrogen-bond donors (Lipinski definition) is 1. The van der Waals surface area contributed by atoms with E-state index in [4.69, 9.17) is 14.2 Å². The first-order valence-electron chi connectivity index (χ1n) is 12.3. The van der Waals surface area contributed by atoms with E-state index in [1.807, 2.05) is 13.8 Å². The van der Waals surface area contributed by atoms with Gasteiger partial charge in [0.25, 0.3) is 5.56 Å². The van der Waals surface area contributed by atoms with Crippen LogP contribution in [0, 0.1) is 10.1 Å². The van der Waals surface area contributed by atoms with E-state index in [-0.39, 0.29) is 16.7 Å². The van der Waals surface area contributed by atoms with Crippen LogP contribution in [0.1, 0.15) is 44.9 Å². The maximum Gasteiger partial charge on any atom is 0.338 e. The fraction of sp³-hybridized carbons (Fsp3) is 0.296. The van der Waals surface area contributed by atoms with Crippen LogP contribution in [0.25, 0.3) is 6.08 Å². The van der Waals surface area contributed by atoms with Crippen molar-refractivity contribution >= 4 is 29.1 Å². The molecule has 11 nitrogen and oxygen atoms in total. The molecule has 0 radical (unpaired) electrons. The molecule has 39 heavy (non-hydrogen) atoms. The van der Waals surface area contributed by atoms with Gasteiger partial charge in [-0.2, -0.15) is 0 Å². The van der Waals surface area contributed by atoms with Gasteiger partial charge in [-0.25, -0.2) is 9.79 Å². The molecule has 1 aliphatic heterocycles. The predicted octanol–water partition coefficient (Wildman–Crippen LogP) is 3.21. The van der Waals surface area contributed by atoms with Crippen molar-refractivity contribution < 1.29 is 29.0 Å². The Bertz CT molecular complexity index is 1650. The van der Waals surface area contributed by atoms with E-state index in [9.17, 15) is 24.8 Å². The fourth-order valence-electron chi connectivity index (χ4n) is 4.27. The molecule has 0 bridgehead atoms. The van der Waals surface area contributed by atoms with Gasteiger partial charge in [0.1, 0.15) is 0 Å². The highest BCUT2D eigenvalue weighted by molar-refractivity contribution is 7.07. The van der Waals surface area contributed by atoms with Gasteiger partial charge in [0, 0.05) is 6.07 Å². The molecule has 0 unspecified atom stereocenters. The topological polar surface area (TPSA) is 142 Å². The number of nitrogens with zero attached hydrogens (tertiary/aromatic N) is 3. The Morgan fingerprint density at radius 1 is 1.13 bits per heavy atom. The monoisotopic (exact) mass is 553 g/mol. The first-order valence-corrected chi connectivity index (χ1v) is 13.1. The summed E-state index contributed by atoms with van der Waals surface area (Å²) < 4.78 is 18.5. The van der Waals surface area contributed by atoms with E-state index in [2.05, 4.69) is 4.99 Å². The Kier molecular flexibility index (Phi) is 8.15. The largest absolute Gasteiger partial charge is 0.502 e. The van der Waals surface area contributed by atoms with Crippen molar-refractivity contribution in [2.75, 3.05) is 19.8 Å². The summed E-state index contributed by atoms with van der Waals surface area (Å²) >= 11 is 1.08. The number of benzene rings is 2. The van der Waals surface area contributed by atoms with Crippen LogP contribution in [0.2, 0.25) is 0 Å². The summed E-state index contributed by atoms with van der Waals surface area (Å²) in [7, 11) is 0. The lowest BCUT2D eigenvalue weighted by Crippen LogP contribution is -2.40. The van der Waals surface area contributed by atoms with Crippen molar-refractivity contribution in [1.29, 1.82) is 0 Å². The Morgan fingerprint density at radius 3 is 2.51 bits per heavy atom. The smallest absolute Gasteiger partial charge is 0.338 e. The first-order chi connectivity index (χ1) is 18.7. The SMILES string of the molecule is CCOC(=O)C1=C(C)N=c2s/c(=C\c3ccc(O)c([N+](=O)[O-])c3)c(=O)n2[C@@H]1c1ccc(OCC)c(OCC)c1. The molecule has 1 aliphatic rings. The highest BCUT2D eigenvalue weighted by atomic mass is 32.1. The second-order valence-electron chi connectivity index (χ2n) is 8.38. The van der Waals surface area contributed by atoms with Crippen LogP contribution in [0.3, 0.4) is 0 Å². The molecular formula is C27H27N3O8S. The summed E-state index contributed by atoms with van der Waals surface area (Å²) in [4.78, 5) is 42.3. The minimum absolute atomic E-state index is 0.139. The van der Waals surface area contributed by atoms with Gasteiger partial charge in [0.2, 0.25) is 0 Å². The molecule has 0 amide bonds. The second kappa shape index (κ2) is 11.5. The van der Waals surface area contributed by atoms with E-state index < -0.39 is 33.9 Å². The minimum atomic E-state index is -0.869. The standard InChI is InChI=1S/C27H27N3O8S/c1-5-36-20-11-9-17(14-21(20)37-6-2)24-23(26(33)38-7-3)15(4)28-27-29(24)25(32)22(39-27)13-16-8-10-19(31)18(12-16)30(34)35/h8-14,24,31H,5-7H2,1-4H3/b22-13-/t24-/m1/s1. The Labute approximate surface area is 227 Å². The average Bonchev–Trinajstić information content (AvgIpc) is 3.19. The van der Waals surface area contributed by atoms with Crippen molar-refractivity contribution in [3.63, 3.8) is 0 Å². The zero-order valence-corrected chi connectivity index (χ0v) is 22.6. The Balaban J connectivity index is 1.95. The highest BCUT2D eigenvalue weighted by Gasteiger charge is 2.34. The number of phenolic OH excluding ortho intramolecular Hbond substituents is 1. The van der Waals surface area contributed by atoms with Gasteiger partial charge in [0.15, 0.2) is 22.0 Å². The molecule has 1 N–H and O–H groups in total. The number of nitro benzene ring substituents is 1. The molecule has 3 aromatic rings. The van der Waals surface area contributed by atoms with Gasteiger partial charge >= 0.3 is 11.7 Å². The summed E-state index contributed by atoms with van der Waals surface area (Å²) in [5, 5.41) is 21.1. The number of ether oxygens (including phenoxy) is 3. The van der Waals surface area contributed by atoms with Crippen LogP contribution in [0.15, 0.2) is 57.5 Å². The number of rotatable bonds is 9. The number of thiazole rings is 1. The van der Waals surface area contributed by atoms with Gasteiger partial charge in [-0.3, -0.25) is 19.5 Å². The molecular weight excluding hydrogens is 526 g/mol. The zero-order valence-electron chi connectivity index (χ0n) is 21.8. The van der Waals surface area contributed by atoms with Crippen molar-refractivity contribution in [1.82, 2.24) is 4.57 Å². The van der Waals surface area contributed by atoms with Crippen LogP contribution in [-0.2, 0) is 9.53 Å². The molecule has 4 rings (SSSR count). The summed E-state index contributed by atoms with van der Waals surface area (Å²) in [5.74, 6) is -0.0796. The van der Waals surface area contributed by atoms with Crippen LogP contribution >= 0.6 is 11.3 Å². The van der Waals surface area contributed by atoms with Crippen molar-refractivity contribution in [2.24, 2.45) is 4.99 Å². The third kappa shape index (κ3) is 5.41. The molecule has 2 heterocycles. The lowest BCUT2D eigenvalue weighted by atomic mass is 9.95. The number of fused-ring (bicyclic) bond motifs is 1. The normalized spacial score (nSPS) is 15.0. The molecule has 0 saturated heterocycles. The van der Waals surface area contributed by atoms with Crippen LogP contribution < -0.4 is 24.4 Å². The van der Waals surface area contributed by atoms with Crippen molar-refractivity contribution in [3.05, 3.63) is 88.6 Å². The number of nitro groups is 1. The van der Waals surface area contributed by atoms with E-state index in [1.165, 1.54) is 28.8 Å². The number of esters is 1. The molecule has 204 valence electrons. The summed E-state index contributed by atoms with van der Waals surface area (Å²) in [5.41, 5.74) is 0.629. The van der Waals surface area contributed by atoms with E-state index in [1.54, 1.807) is 32.0 Å². The maximum atomic E-state index is 13.8. The molecule has 0 fully saturated rings. The quantitative estimate of drug-likeness (QED) is 0.242. The molecule has 1 atom stereocenters. The van der Waals surface area contributed by atoms with Gasteiger partial charge in [-0.1, -0.05) is 23.5 Å². The molecule has 0 aliphatic carbocycles. The van der Waals surface area contributed by atoms with E-state index in [0.29, 0.717) is 46.3 Å². The fourth-order valence-corrected chi connectivity index (χ4v) is 5.32. The summed E-state index contributed by atoms with van der Waals surface area (Å²) in [6.07, 6.45) is 1.49.